The van der Waals surface area contributed by atoms with E-state index in [1.54, 1.807) is 26.8 Å². The lowest BCUT2D eigenvalue weighted by molar-refractivity contribution is -0.148. The lowest BCUT2D eigenvalue weighted by Crippen LogP contribution is -2.41. The van der Waals surface area contributed by atoms with Crippen LogP contribution in [-0.2, 0) is 28.6 Å². The fraction of sp³-hybridized carbons (Fsp3) is 0.421. The van der Waals surface area contributed by atoms with Crippen molar-refractivity contribution in [2.45, 2.75) is 45.0 Å². The van der Waals surface area contributed by atoms with E-state index < -0.39 is 35.7 Å². The second kappa shape index (κ2) is 5.72. The third-order valence-electron chi connectivity index (χ3n) is 4.78. The van der Waals surface area contributed by atoms with Crippen molar-refractivity contribution in [2.24, 2.45) is 5.92 Å². The van der Waals surface area contributed by atoms with Gasteiger partial charge in [0, 0.05) is 23.6 Å². The summed E-state index contributed by atoms with van der Waals surface area (Å²) < 4.78 is 16.8. The van der Waals surface area contributed by atoms with E-state index in [1.807, 2.05) is 0 Å². The van der Waals surface area contributed by atoms with Crippen LogP contribution in [0.2, 0.25) is 0 Å². The van der Waals surface area contributed by atoms with Gasteiger partial charge in [-0.2, -0.15) is 0 Å². The minimum atomic E-state index is -1.12. The van der Waals surface area contributed by atoms with Gasteiger partial charge in [0.05, 0.1) is 5.92 Å². The average molecular weight is 344 g/mol. The van der Waals surface area contributed by atoms with Crippen LogP contribution in [0.15, 0.2) is 47.8 Å². The molecular weight excluding hydrogens is 324 g/mol. The van der Waals surface area contributed by atoms with Crippen LogP contribution in [0.4, 0.5) is 0 Å². The number of fused-ring (bicyclic) bond motifs is 3. The summed E-state index contributed by atoms with van der Waals surface area (Å²) in [5.41, 5.74) is -0.0101. The predicted molar refractivity (Wildman–Crippen MR) is 88.2 cm³/mol. The zero-order chi connectivity index (χ0) is 18.5. The highest BCUT2D eigenvalue weighted by Gasteiger charge is 2.52. The summed E-state index contributed by atoms with van der Waals surface area (Å²) in [5, 5.41) is 0. The molecule has 132 valence electrons. The highest BCUT2D eigenvalue weighted by molar-refractivity contribution is 6.00. The standard InChI is InChI=1S/C19H20O6/c1-9(2)17(21)23-13-6-10(3)12-7-15(20)19(5,25-12)8-14-16(13)11(4)18(22)24-14/h6-7,13-14,16H,1,4,8H2,2-3,5H3/b10-6-/t13-,14+,16-,19-/m1/s1. The molecule has 25 heavy (non-hydrogen) atoms. The minimum absolute atomic E-state index is 0.156. The van der Waals surface area contributed by atoms with E-state index >= 15 is 0 Å². The molecule has 0 aromatic carbocycles. The number of ketones is 1. The Hall–Kier alpha value is -2.63. The number of carbonyl (C=O) groups excluding carboxylic acids is 3. The highest BCUT2D eigenvalue weighted by atomic mass is 16.6. The fourth-order valence-electron chi connectivity index (χ4n) is 3.30. The Morgan fingerprint density at radius 2 is 2.08 bits per heavy atom. The van der Waals surface area contributed by atoms with E-state index in [4.69, 9.17) is 14.2 Å². The van der Waals surface area contributed by atoms with E-state index in [1.165, 1.54) is 6.08 Å². The van der Waals surface area contributed by atoms with E-state index in [0.717, 1.165) is 0 Å². The molecule has 1 saturated heterocycles. The summed E-state index contributed by atoms with van der Waals surface area (Å²) in [4.78, 5) is 36.4. The average Bonchev–Trinajstić information content (AvgIpc) is 2.96. The van der Waals surface area contributed by atoms with E-state index in [-0.39, 0.29) is 23.4 Å². The van der Waals surface area contributed by atoms with Crippen molar-refractivity contribution < 1.29 is 28.6 Å². The Kier molecular flexibility index (Phi) is 3.94. The van der Waals surface area contributed by atoms with Gasteiger partial charge >= 0.3 is 11.9 Å². The van der Waals surface area contributed by atoms with E-state index in [0.29, 0.717) is 11.3 Å². The minimum Gasteiger partial charge on any atom is -0.479 e. The van der Waals surface area contributed by atoms with E-state index in [2.05, 4.69) is 13.2 Å². The second-order valence-corrected chi connectivity index (χ2v) is 6.90. The first-order chi connectivity index (χ1) is 11.6. The normalized spacial score (nSPS) is 36.0. The van der Waals surface area contributed by atoms with Gasteiger partial charge in [0.15, 0.2) is 5.60 Å². The summed E-state index contributed by atoms with van der Waals surface area (Å²) in [7, 11) is 0. The van der Waals surface area contributed by atoms with Crippen molar-refractivity contribution in [3.8, 4) is 0 Å². The maximum atomic E-state index is 12.4. The molecule has 0 aliphatic carbocycles. The van der Waals surface area contributed by atoms with Crippen molar-refractivity contribution in [3.63, 3.8) is 0 Å². The molecule has 0 radical (unpaired) electrons. The predicted octanol–water partition coefficient (Wildman–Crippen LogP) is 2.16. The molecule has 0 spiro atoms. The van der Waals surface area contributed by atoms with Gasteiger partial charge in [0.1, 0.15) is 18.0 Å². The van der Waals surface area contributed by atoms with Gasteiger partial charge in [0.2, 0.25) is 5.78 Å². The van der Waals surface area contributed by atoms with E-state index in [9.17, 15) is 14.4 Å². The third-order valence-corrected chi connectivity index (χ3v) is 4.78. The van der Waals surface area contributed by atoms with Gasteiger partial charge in [-0.25, -0.2) is 9.59 Å². The van der Waals surface area contributed by atoms with Crippen LogP contribution in [-0.4, -0.2) is 35.5 Å². The van der Waals surface area contributed by atoms with Crippen LogP contribution >= 0.6 is 0 Å². The van der Waals surface area contributed by atoms with Gasteiger partial charge in [-0.3, -0.25) is 4.79 Å². The number of rotatable bonds is 2. The lowest BCUT2D eigenvalue weighted by Gasteiger charge is -2.29. The summed E-state index contributed by atoms with van der Waals surface area (Å²) in [6, 6.07) is 0. The Morgan fingerprint density at radius 3 is 2.72 bits per heavy atom. The molecule has 0 aromatic rings. The van der Waals surface area contributed by atoms with Gasteiger partial charge in [-0.1, -0.05) is 13.2 Å². The molecule has 0 saturated carbocycles. The first-order valence-corrected chi connectivity index (χ1v) is 8.02. The lowest BCUT2D eigenvalue weighted by atomic mass is 9.83. The zero-order valence-corrected chi connectivity index (χ0v) is 14.5. The Balaban J connectivity index is 2.07. The second-order valence-electron chi connectivity index (χ2n) is 6.90. The van der Waals surface area contributed by atoms with Gasteiger partial charge in [-0.05, 0) is 32.4 Å². The van der Waals surface area contributed by atoms with Crippen molar-refractivity contribution in [1.82, 2.24) is 0 Å². The maximum Gasteiger partial charge on any atom is 0.334 e. The topological polar surface area (TPSA) is 78.9 Å². The van der Waals surface area contributed by atoms with Crippen LogP contribution in [0.5, 0.6) is 0 Å². The summed E-state index contributed by atoms with van der Waals surface area (Å²) in [5.74, 6) is -1.46. The number of carbonyl (C=O) groups is 3. The van der Waals surface area contributed by atoms with Crippen molar-refractivity contribution in [1.29, 1.82) is 0 Å². The largest absolute Gasteiger partial charge is 0.479 e. The Labute approximate surface area is 145 Å². The molecule has 0 aromatic heterocycles. The van der Waals surface area contributed by atoms with Crippen LogP contribution < -0.4 is 0 Å². The molecule has 4 atom stereocenters. The molecule has 0 amide bonds. The molecule has 6 heteroatoms. The van der Waals surface area contributed by atoms with Crippen molar-refractivity contribution in [2.75, 3.05) is 0 Å². The first kappa shape index (κ1) is 17.2. The molecule has 0 N–H and O–H groups in total. The van der Waals surface area contributed by atoms with Crippen LogP contribution in [0.3, 0.4) is 0 Å². The van der Waals surface area contributed by atoms with Crippen LogP contribution in [0.25, 0.3) is 0 Å². The molecule has 2 bridgehead atoms. The van der Waals surface area contributed by atoms with Crippen molar-refractivity contribution >= 4 is 17.7 Å². The molecule has 1 fully saturated rings. The summed E-state index contributed by atoms with van der Waals surface area (Å²) in [6.45, 7) is 12.3. The molecule has 3 aliphatic rings. The van der Waals surface area contributed by atoms with Gasteiger partial charge < -0.3 is 14.2 Å². The molecular formula is C19H20O6. The first-order valence-electron chi connectivity index (χ1n) is 8.02. The number of hydrogen-bond donors (Lipinski definition) is 0. The third kappa shape index (κ3) is 2.81. The fourth-order valence-corrected chi connectivity index (χ4v) is 3.30. The molecule has 3 heterocycles. The highest BCUT2D eigenvalue weighted by Crippen LogP contribution is 2.42. The Bertz CT molecular complexity index is 771. The SMILES string of the molecule is C=C(C)C(=O)O[C@@H]1/C=C(/C)C2=CC(=O)[C@@](C)(C[C@@H]3OC(=O)C(=C)[C@@H]31)O2. The summed E-state index contributed by atoms with van der Waals surface area (Å²) in [6.07, 6.45) is 1.81. The van der Waals surface area contributed by atoms with Crippen molar-refractivity contribution in [3.05, 3.63) is 47.8 Å². The Morgan fingerprint density at radius 1 is 1.40 bits per heavy atom. The van der Waals surface area contributed by atoms with Crippen LogP contribution in [0, 0.1) is 5.92 Å². The number of esters is 2. The molecule has 6 nitrogen and oxygen atoms in total. The number of ether oxygens (including phenoxy) is 3. The zero-order valence-electron chi connectivity index (χ0n) is 14.5. The number of allylic oxidation sites excluding steroid dienone is 1. The van der Waals surface area contributed by atoms with Crippen LogP contribution in [0.1, 0.15) is 27.2 Å². The smallest absolute Gasteiger partial charge is 0.334 e. The monoisotopic (exact) mass is 344 g/mol. The maximum absolute atomic E-state index is 12.4. The summed E-state index contributed by atoms with van der Waals surface area (Å²) >= 11 is 0. The van der Waals surface area contributed by atoms with Gasteiger partial charge in [0.25, 0.3) is 0 Å². The quantitative estimate of drug-likeness (QED) is 0.564. The van der Waals surface area contributed by atoms with Gasteiger partial charge in [-0.15, -0.1) is 0 Å². The molecule has 3 rings (SSSR count). The number of hydrogen-bond acceptors (Lipinski definition) is 6. The molecule has 0 unspecified atom stereocenters. The molecule has 3 aliphatic heterocycles.